The van der Waals surface area contributed by atoms with Crippen LogP contribution in [0.5, 0.6) is 0 Å². The topological polar surface area (TPSA) is 58.9 Å². The highest BCUT2D eigenvalue weighted by Crippen LogP contribution is 2.23. The predicted octanol–water partition coefficient (Wildman–Crippen LogP) is 7.25. The van der Waals surface area contributed by atoms with Crippen LogP contribution in [0.3, 0.4) is 0 Å². The normalized spacial score (nSPS) is 11.6. The standard InChI is InChI=1S/C10H15NO.2C10H15N/c1-10(2,3)8-4-5-11-9(6-8)7-12;2*1-8-7-9(5-6-11-8)10(2,3)4/h4-6,12H,7H2,1-3H3;2*5-7H,1-4H3. The van der Waals surface area contributed by atoms with E-state index in [1.54, 1.807) is 6.20 Å². The van der Waals surface area contributed by atoms with Crippen molar-refractivity contribution in [3.05, 3.63) is 88.8 Å². The van der Waals surface area contributed by atoms with Crippen molar-refractivity contribution < 1.29 is 5.11 Å². The minimum atomic E-state index is 0.0178. The Morgan fingerprint density at radius 2 is 0.882 bits per heavy atom. The van der Waals surface area contributed by atoms with E-state index in [0.29, 0.717) is 0 Å². The van der Waals surface area contributed by atoms with Gasteiger partial charge in [0.15, 0.2) is 0 Å². The first kappa shape index (κ1) is 29.4. The summed E-state index contributed by atoms with van der Waals surface area (Å²) >= 11 is 0. The zero-order valence-corrected chi connectivity index (χ0v) is 23.2. The van der Waals surface area contributed by atoms with Crippen molar-refractivity contribution in [3.8, 4) is 0 Å². The quantitative estimate of drug-likeness (QED) is 0.413. The molecule has 3 heterocycles. The average molecular weight is 464 g/mol. The summed E-state index contributed by atoms with van der Waals surface area (Å²) in [6.45, 7) is 23.8. The van der Waals surface area contributed by atoms with Crippen LogP contribution in [0.4, 0.5) is 0 Å². The molecule has 3 rings (SSSR count). The zero-order valence-electron chi connectivity index (χ0n) is 23.2. The molecular formula is C30H45N3O. The lowest BCUT2D eigenvalue weighted by Gasteiger charge is -2.18. The third kappa shape index (κ3) is 10.6. The molecule has 0 unspecified atom stereocenters. The van der Waals surface area contributed by atoms with Gasteiger partial charge in [0.25, 0.3) is 0 Å². The highest BCUT2D eigenvalue weighted by Gasteiger charge is 2.14. The molecule has 0 atom stereocenters. The van der Waals surface area contributed by atoms with Crippen molar-refractivity contribution in [2.45, 2.75) is 99.0 Å². The van der Waals surface area contributed by atoms with E-state index in [2.05, 4.69) is 102 Å². The van der Waals surface area contributed by atoms with Gasteiger partial charge in [-0.15, -0.1) is 0 Å². The van der Waals surface area contributed by atoms with Gasteiger partial charge in [0.2, 0.25) is 0 Å². The fourth-order valence-electron chi connectivity index (χ4n) is 3.06. The van der Waals surface area contributed by atoms with Crippen molar-refractivity contribution in [2.24, 2.45) is 0 Å². The van der Waals surface area contributed by atoms with E-state index in [9.17, 15) is 0 Å². The Morgan fingerprint density at radius 1 is 0.559 bits per heavy atom. The van der Waals surface area contributed by atoms with Crippen molar-refractivity contribution >= 4 is 0 Å². The molecule has 34 heavy (non-hydrogen) atoms. The first-order valence-electron chi connectivity index (χ1n) is 12.0. The van der Waals surface area contributed by atoms with E-state index in [-0.39, 0.29) is 22.9 Å². The lowest BCUT2D eigenvalue weighted by molar-refractivity contribution is 0.276. The van der Waals surface area contributed by atoms with Crippen LogP contribution in [0.2, 0.25) is 0 Å². The summed E-state index contributed by atoms with van der Waals surface area (Å²) in [5, 5.41) is 8.87. The summed E-state index contributed by atoms with van der Waals surface area (Å²) in [4.78, 5) is 12.3. The van der Waals surface area contributed by atoms with Crippen LogP contribution in [-0.4, -0.2) is 20.1 Å². The van der Waals surface area contributed by atoms with E-state index in [1.165, 1.54) is 16.7 Å². The number of aromatic nitrogens is 3. The smallest absolute Gasteiger partial charge is 0.0853 e. The second-order valence-corrected chi connectivity index (χ2v) is 11.8. The molecular weight excluding hydrogens is 418 g/mol. The lowest BCUT2D eigenvalue weighted by atomic mass is 9.87. The molecule has 0 fully saturated rings. The highest BCUT2D eigenvalue weighted by atomic mass is 16.3. The maximum Gasteiger partial charge on any atom is 0.0853 e. The van der Waals surface area contributed by atoms with Gasteiger partial charge in [0.1, 0.15) is 0 Å². The molecule has 0 saturated carbocycles. The van der Waals surface area contributed by atoms with Gasteiger partial charge in [-0.05, 0) is 83.2 Å². The van der Waals surface area contributed by atoms with Crippen LogP contribution < -0.4 is 0 Å². The molecule has 0 radical (unpaired) electrons. The molecule has 0 aliphatic carbocycles. The van der Waals surface area contributed by atoms with Crippen LogP contribution in [0, 0.1) is 13.8 Å². The molecule has 0 saturated heterocycles. The third-order valence-electron chi connectivity index (χ3n) is 5.37. The fourth-order valence-corrected chi connectivity index (χ4v) is 3.06. The van der Waals surface area contributed by atoms with E-state index >= 15 is 0 Å². The van der Waals surface area contributed by atoms with Crippen LogP contribution in [-0.2, 0) is 22.9 Å². The molecule has 0 aliphatic rings. The minimum absolute atomic E-state index is 0.0178. The summed E-state index contributed by atoms with van der Waals surface area (Å²) < 4.78 is 0. The van der Waals surface area contributed by atoms with Gasteiger partial charge in [-0.25, -0.2) is 0 Å². The Labute approximate surface area is 207 Å². The summed E-state index contributed by atoms with van der Waals surface area (Å²) in [5.74, 6) is 0. The molecule has 0 aliphatic heterocycles. The maximum atomic E-state index is 8.87. The number of aliphatic hydroxyl groups is 1. The van der Waals surface area contributed by atoms with Gasteiger partial charge in [0, 0.05) is 30.0 Å². The number of aliphatic hydroxyl groups excluding tert-OH is 1. The number of rotatable bonds is 1. The number of hydrogen-bond donors (Lipinski definition) is 1. The van der Waals surface area contributed by atoms with Gasteiger partial charge in [-0.2, -0.15) is 0 Å². The van der Waals surface area contributed by atoms with Gasteiger partial charge in [0.05, 0.1) is 12.3 Å². The summed E-state index contributed by atoms with van der Waals surface area (Å²) in [5.41, 5.74) is 7.46. The fraction of sp³-hybridized carbons (Fsp3) is 0.500. The van der Waals surface area contributed by atoms with Crippen molar-refractivity contribution in [2.75, 3.05) is 0 Å². The van der Waals surface area contributed by atoms with Gasteiger partial charge >= 0.3 is 0 Å². The van der Waals surface area contributed by atoms with E-state index in [0.717, 1.165) is 17.1 Å². The number of nitrogens with zero attached hydrogens (tertiary/aromatic N) is 3. The number of aryl methyl sites for hydroxylation is 2. The third-order valence-corrected chi connectivity index (χ3v) is 5.37. The molecule has 0 bridgehead atoms. The monoisotopic (exact) mass is 463 g/mol. The van der Waals surface area contributed by atoms with Crippen molar-refractivity contribution in [3.63, 3.8) is 0 Å². The second-order valence-electron chi connectivity index (χ2n) is 11.8. The summed E-state index contributed by atoms with van der Waals surface area (Å²) in [6, 6.07) is 12.4. The molecule has 4 nitrogen and oxygen atoms in total. The molecule has 0 aromatic carbocycles. The Kier molecular flexibility index (Phi) is 10.6. The van der Waals surface area contributed by atoms with E-state index < -0.39 is 0 Å². The number of pyridine rings is 3. The van der Waals surface area contributed by atoms with E-state index in [1.807, 2.05) is 38.4 Å². The maximum absolute atomic E-state index is 8.87. The largest absolute Gasteiger partial charge is 0.390 e. The first-order chi connectivity index (χ1) is 15.5. The van der Waals surface area contributed by atoms with Gasteiger partial charge in [-0.3, -0.25) is 15.0 Å². The van der Waals surface area contributed by atoms with Crippen LogP contribution >= 0.6 is 0 Å². The molecule has 0 spiro atoms. The number of hydrogen-bond acceptors (Lipinski definition) is 4. The van der Waals surface area contributed by atoms with Crippen molar-refractivity contribution in [1.29, 1.82) is 0 Å². The first-order valence-corrected chi connectivity index (χ1v) is 12.0. The molecule has 0 amide bonds. The molecule has 3 aromatic rings. The molecule has 186 valence electrons. The Balaban J connectivity index is 0.000000255. The SMILES string of the molecule is CC(C)(C)c1ccnc(CO)c1.Cc1cc(C(C)(C)C)ccn1.Cc1cc(C(C)(C)C)ccn1. The summed E-state index contributed by atoms with van der Waals surface area (Å²) in [6.07, 6.45) is 5.48. The zero-order chi connectivity index (χ0) is 26.2. The molecule has 1 N–H and O–H groups in total. The van der Waals surface area contributed by atoms with Gasteiger partial charge in [-0.1, -0.05) is 62.3 Å². The van der Waals surface area contributed by atoms with Crippen LogP contribution in [0.25, 0.3) is 0 Å². The minimum Gasteiger partial charge on any atom is -0.390 e. The Bertz CT molecular complexity index is 966. The lowest BCUT2D eigenvalue weighted by Crippen LogP contribution is -2.11. The Morgan fingerprint density at radius 3 is 1.15 bits per heavy atom. The summed E-state index contributed by atoms with van der Waals surface area (Å²) in [7, 11) is 0. The molecule has 4 heteroatoms. The molecule has 3 aromatic heterocycles. The van der Waals surface area contributed by atoms with E-state index in [4.69, 9.17) is 5.11 Å². The Hall–Kier alpha value is -2.59. The van der Waals surface area contributed by atoms with Crippen LogP contribution in [0.1, 0.15) is 96.1 Å². The highest BCUT2D eigenvalue weighted by molar-refractivity contribution is 5.24. The average Bonchev–Trinajstić information content (AvgIpc) is 2.73. The predicted molar refractivity (Wildman–Crippen MR) is 144 cm³/mol. The van der Waals surface area contributed by atoms with Gasteiger partial charge < -0.3 is 5.11 Å². The van der Waals surface area contributed by atoms with Crippen LogP contribution in [0.15, 0.2) is 55.0 Å². The second kappa shape index (κ2) is 12.2. The van der Waals surface area contributed by atoms with Crippen molar-refractivity contribution in [1.82, 2.24) is 15.0 Å².